The van der Waals surface area contributed by atoms with Gasteiger partial charge in [0, 0.05) is 43.9 Å². The van der Waals surface area contributed by atoms with Crippen LogP contribution in [0.3, 0.4) is 0 Å². The van der Waals surface area contributed by atoms with Crippen LogP contribution in [0.15, 0.2) is 34.4 Å². The molecule has 2 aliphatic carbocycles. The van der Waals surface area contributed by atoms with Gasteiger partial charge in [-0.15, -0.1) is 0 Å². The standard InChI is InChI=1S/C28H35N5O3S/c1-2-29-26(17-35-21-5-3-4-6-21)30-10-9-18-7-8-24-25(11-18)37-28(31-24)32-27(34)19-12-20(13-19)33-15-22-14-23(16-33)36-22/h2,7-11,19-23H,3-6,12-17H2,1H3,(H,31,32,34)/b10-9+,29-2-,30-26-. The van der Waals surface area contributed by atoms with E-state index in [-0.39, 0.29) is 11.8 Å². The molecule has 2 bridgehead atoms. The summed E-state index contributed by atoms with van der Waals surface area (Å²) in [4.78, 5) is 28.8. The van der Waals surface area contributed by atoms with Crippen molar-refractivity contribution in [3.8, 4) is 0 Å². The summed E-state index contributed by atoms with van der Waals surface area (Å²) in [6.07, 6.45) is 14.5. The summed E-state index contributed by atoms with van der Waals surface area (Å²) in [7, 11) is 0. The normalized spacial score (nSPS) is 28.7. The Morgan fingerprint density at radius 1 is 1.24 bits per heavy atom. The summed E-state index contributed by atoms with van der Waals surface area (Å²) in [5.74, 6) is 0.843. The third kappa shape index (κ3) is 5.85. The van der Waals surface area contributed by atoms with Gasteiger partial charge in [0.15, 0.2) is 11.0 Å². The molecule has 8 nitrogen and oxygen atoms in total. The minimum atomic E-state index is 0.0742. The number of nitrogens with zero attached hydrogens (tertiary/aromatic N) is 4. The number of piperidine rings is 1. The van der Waals surface area contributed by atoms with Gasteiger partial charge in [0.25, 0.3) is 0 Å². The molecule has 2 aromatic rings. The van der Waals surface area contributed by atoms with Crippen molar-refractivity contribution in [3.63, 3.8) is 0 Å². The maximum Gasteiger partial charge on any atom is 0.229 e. The van der Waals surface area contributed by atoms with Crippen LogP contribution >= 0.6 is 11.3 Å². The number of aliphatic imine (C=N–C) groups is 2. The summed E-state index contributed by atoms with van der Waals surface area (Å²) < 4.78 is 12.7. The minimum Gasteiger partial charge on any atom is -0.372 e. The van der Waals surface area contributed by atoms with Crippen LogP contribution in [-0.2, 0) is 14.3 Å². The van der Waals surface area contributed by atoms with Crippen molar-refractivity contribution < 1.29 is 14.3 Å². The fourth-order valence-electron chi connectivity index (χ4n) is 5.80. The smallest absolute Gasteiger partial charge is 0.229 e. The lowest BCUT2D eigenvalue weighted by Gasteiger charge is -2.52. The topological polar surface area (TPSA) is 88.4 Å². The number of hydrogen-bond acceptors (Lipinski definition) is 7. The monoisotopic (exact) mass is 521 g/mol. The maximum atomic E-state index is 12.8. The highest BCUT2D eigenvalue weighted by Crippen LogP contribution is 2.38. The number of morpholine rings is 1. The molecular weight excluding hydrogens is 486 g/mol. The Balaban J connectivity index is 1.02. The number of fused-ring (bicyclic) bond motifs is 3. The number of carbonyl (C=O) groups excluding carboxylic acids is 1. The van der Waals surface area contributed by atoms with E-state index in [1.165, 1.54) is 30.6 Å². The Morgan fingerprint density at radius 2 is 2.03 bits per heavy atom. The van der Waals surface area contributed by atoms with Crippen molar-refractivity contribution >= 4 is 50.7 Å². The van der Waals surface area contributed by atoms with Crippen molar-refractivity contribution in [2.75, 3.05) is 25.0 Å². The first-order chi connectivity index (χ1) is 18.1. The first-order valence-corrected chi connectivity index (χ1v) is 14.4. The average Bonchev–Trinajstić information content (AvgIpc) is 3.50. The number of ether oxygens (including phenoxy) is 2. The van der Waals surface area contributed by atoms with Gasteiger partial charge in [0.2, 0.25) is 5.91 Å². The molecule has 37 heavy (non-hydrogen) atoms. The van der Waals surface area contributed by atoms with E-state index < -0.39 is 0 Å². The van der Waals surface area contributed by atoms with E-state index in [0.29, 0.717) is 41.9 Å². The van der Waals surface area contributed by atoms with E-state index >= 15 is 0 Å². The van der Waals surface area contributed by atoms with Crippen LogP contribution in [0, 0.1) is 5.92 Å². The highest BCUT2D eigenvalue weighted by Gasteiger charge is 2.45. The van der Waals surface area contributed by atoms with Crippen LogP contribution in [0.25, 0.3) is 16.3 Å². The van der Waals surface area contributed by atoms with Gasteiger partial charge in [0.1, 0.15) is 6.61 Å². The largest absolute Gasteiger partial charge is 0.372 e. The van der Waals surface area contributed by atoms with Crippen LogP contribution in [0.2, 0.25) is 0 Å². The Kier molecular flexibility index (Phi) is 7.46. The van der Waals surface area contributed by atoms with Gasteiger partial charge in [0.05, 0.1) is 28.5 Å². The molecule has 3 saturated heterocycles. The first kappa shape index (κ1) is 24.9. The van der Waals surface area contributed by atoms with Crippen LogP contribution in [-0.4, -0.2) is 71.9 Å². The number of aromatic nitrogens is 1. The molecule has 2 unspecified atom stereocenters. The zero-order valence-electron chi connectivity index (χ0n) is 21.3. The molecule has 2 saturated carbocycles. The van der Waals surface area contributed by atoms with E-state index in [0.717, 1.165) is 54.6 Å². The number of carbonyl (C=O) groups is 1. The first-order valence-electron chi connectivity index (χ1n) is 13.6. The molecule has 5 aliphatic rings. The third-order valence-corrected chi connectivity index (χ3v) is 8.88. The number of hydrogen-bond donors (Lipinski definition) is 1. The fraction of sp³-hybridized carbons (Fsp3) is 0.571. The van der Waals surface area contributed by atoms with Crippen molar-refractivity contribution in [1.82, 2.24) is 9.88 Å². The maximum absolute atomic E-state index is 12.8. The minimum absolute atomic E-state index is 0.0742. The second-order valence-corrected chi connectivity index (χ2v) is 11.6. The molecule has 1 N–H and O–H groups in total. The summed E-state index contributed by atoms with van der Waals surface area (Å²) in [5.41, 5.74) is 1.92. The van der Waals surface area contributed by atoms with Crippen LogP contribution in [0.4, 0.5) is 5.13 Å². The van der Waals surface area contributed by atoms with E-state index in [2.05, 4.69) is 31.3 Å². The number of thiazole rings is 1. The zero-order chi connectivity index (χ0) is 25.2. The second-order valence-electron chi connectivity index (χ2n) is 10.6. The highest BCUT2D eigenvalue weighted by molar-refractivity contribution is 7.22. The van der Waals surface area contributed by atoms with E-state index in [1.54, 1.807) is 12.4 Å². The molecule has 0 radical (unpaired) electrons. The predicted octanol–water partition coefficient (Wildman–Crippen LogP) is 4.91. The molecule has 9 heteroatoms. The summed E-state index contributed by atoms with van der Waals surface area (Å²) in [5, 5.41) is 3.72. The van der Waals surface area contributed by atoms with Crippen LogP contribution < -0.4 is 5.32 Å². The van der Waals surface area contributed by atoms with Crippen molar-refractivity contribution in [1.29, 1.82) is 0 Å². The SMILES string of the molecule is C\C=N/C(COC1CCCC1)=N\C=C\c1ccc2nc(NC(=O)C3CC(N4CC5CC(C4)O5)C3)sc2c1. The zero-order valence-corrected chi connectivity index (χ0v) is 22.2. The van der Waals surface area contributed by atoms with Crippen molar-refractivity contribution in [3.05, 3.63) is 30.0 Å². The number of amides is 1. The van der Waals surface area contributed by atoms with E-state index in [1.807, 2.05) is 25.1 Å². The lowest BCUT2D eigenvalue weighted by atomic mass is 9.77. The Hall–Kier alpha value is -2.46. The lowest BCUT2D eigenvalue weighted by Crippen LogP contribution is -2.62. The third-order valence-electron chi connectivity index (χ3n) is 7.95. The average molecular weight is 522 g/mol. The number of benzene rings is 1. The molecule has 196 valence electrons. The van der Waals surface area contributed by atoms with E-state index in [4.69, 9.17) is 9.47 Å². The summed E-state index contributed by atoms with van der Waals surface area (Å²) in [6.45, 7) is 4.37. The molecule has 1 aromatic carbocycles. The van der Waals surface area contributed by atoms with Gasteiger partial charge in [-0.1, -0.05) is 30.2 Å². The molecule has 1 aromatic heterocycles. The molecule has 1 amide bonds. The number of amidine groups is 1. The lowest BCUT2D eigenvalue weighted by molar-refractivity contribution is -0.195. The van der Waals surface area contributed by atoms with Crippen LogP contribution in [0.5, 0.6) is 0 Å². The highest BCUT2D eigenvalue weighted by atomic mass is 32.1. The number of rotatable bonds is 8. The molecular formula is C28H35N5O3S. The second kappa shape index (κ2) is 11.1. The van der Waals surface area contributed by atoms with Gasteiger partial charge in [-0.25, -0.2) is 15.0 Å². The molecule has 3 aliphatic heterocycles. The molecule has 4 heterocycles. The molecule has 5 fully saturated rings. The molecule has 0 spiro atoms. The van der Waals surface area contributed by atoms with Gasteiger partial charge in [-0.2, -0.15) is 0 Å². The Bertz CT molecular complexity index is 1200. The number of nitrogens with one attached hydrogen (secondary N) is 1. The van der Waals surface area contributed by atoms with Gasteiger partial charge < -0.3 is 14.8 Å². The molecule has 7 rings (SSSR count). The summed E-state index contributed by atoms with van der Waals surface area (Å²) >= 11 is 1.51. The van der Waals surface area contributed by atoms with Crippen molar-refractivity contribution in [2.24, 2.45) is 15.9 Å². The Labute approximate surface area is 221 Å². The van der Waals surface area contributed by atoms with Crippen molar-refractivity contribution in [2.45, 2.75) is 76.2 Å². The molecule has 2 atom stereocenters. The fourth-order valence-corrected chi connectivity index (χ4v) is 6.72. The summed E-state index contributed by atoms with van der Waals surface area (Å²) in [6, 6.07) is 6.61. The van der Waals surface area contributed by atoms with Crippen LogP contribution in [0.1, 0.15) is 57.4 Å². The quantitative estimate of drug-likeness (QED) is 0.394. The van der Waals surface area contributed by atoms with E-state index in [9.17, 15) is 4.79 Å². The van der Waals surface area contributed by atoms with Gasteiger partial charge in [-0.05, 0) is 56.4 Å². The Morgan fingerprint density at radius 3 is 2.78 bits per heavy atom. The van der Waals surface area contributed by atoms with Gasteiger partial charge >= 0.3 is 0 Å². The predicted molar refractivity (Wildman–Crippen MR) is 148 cm³/mol. The van der Waals surface area contributed by atoms with Gasteiger partial charge in [-0.3, -0.25) is 9.69 Å². The number of anilines is 1.